The molecule has 0 heterocycles. The highest BCUT2D eigenvalue weighted by Gasteiger charge is 2.19. The van der Waals surface area contributed by atoms with Crippen LogP contribution in [0.2, 0.25) is 0 Å². The average Bonchev–Trinajstić information content (AvgIpc) is 3.11. The zero-order valence-corrected chi connectivity index (χ0v) is 32.4. The maximum Gasteiger partial charge on any atom is 0.306 e. The maximum atomic E-state index is 12.6. The van der Waals surface area contributed by atoms with Crippen LogP contribution < -0.4 is 0 Å². The first-order chi connectivity index (χ1) is 24.5. The summed E-state index contributed by atoms with van der Waals surface area (Å²) in [6.07, 6.45) is 45.1. The minimum atomic E-state index is -0.788. The second-order valence-electron chi connectivity index (χ2n) is 13.2. The van der Waals surface area contributed by atoms with Crippen molar-refractivity contribution in [3.05, 3.63) is 60.8 Å². The van der Waals surface area contributed by atoms with Gasteiger partial charge in [0.15, 0.2) is 6.10 Å². The molecule has 0 N–H and O–H groups in total. The van der Waals surface area contributed by atoms with Crippen LogP contribution in [0, 0.1) is 0 Å². The molecule has 0 saturated heterocycles. The lowest BCUT2D eigenvalue weighted by atomic mass is 10.1. The number of ether oxygens (including phenoxy) is 3. The Labute approximate surface area is 307 Å². The third kappa shape index (κ3) is 36.4. The molecule has 0 rings (SSSR count). The van der Waals surface area contributed by atoms with Crippen LogP contribution in [0.4, 0.5) is 0 Å². The molecule has 6 heteroatoms. The highest BCUT2D eigenvalue weighted by Crippen LogP contribution is 2.12. The number of esters is 3. The molecule has 0 fully saturated rings. The summed E-state index contributed by atoms with van der Waals surface area (Å²) in [5.41, 5.74) is 0. The Bertz CT molecular complexity index is 944. The fraction of sp³-hybridized carbons (Fsp3) is 0.705. The van der Waals surface area contributed by atoms with E-state index in [1.54, 1.807) is 0 Å². The Morgan fingerprint density at radius 3 is 1.34 bits per heavy atom. The lowest BCUT2D eigenvalue weighted by molar-refractivity contribution is -0.167. The van der Waals surface area contributed by atoms with E-state index < -0.39 is 6.10 Å². The fourth-order valence-corrected chi connectivity index (χ4v) is 5.18. The van der Waals surface area contributed by atoms with Crippen LogP contribution >= 0.6 is 0 Å². The van der Waals surface area contributed by atoms with Crippen LogP contribution in [0.3, 0.4) is 0 Å². The SMILES string of the molecule is CC/C=C\C/C=C\C/C=C\C/C=C\CCCCC(=O)OCC(COC(=O)CCCCCCCC)OC(=O)CCCCCCC/C=C\CCCC. The lowest BCUT2D eigenvalue weighted by Gasteiger charge is -2.18. The average molecular weight is 699 g/mol. The third-order valence-corrected chi connectivity index (χ3v) is 8.26. The second kappa shape index (κ2) is 38.9. The van der Waals surface area contributed by atoms with Crippen LogP contribution in [0.5, 0.6) is 0 Å². The summed E-state index contributed by atoms with van der Waals surface area (Å²) in [7, 11) is 0. The molecular weight excluding hydrogens is 624 g/mol. The Kier molecular flexibility index (Phi) is 36.7. The van der Waals surface area contributed by atoms with Crippen LogP contribution in [-0.4, -0.2) is 37.2 Å². The van der Waals surface area contributed by atoms with Gasteiger partial charge in [0.25, 0.3) is 0 Å². The van der Waals surface area contributed by atoms with Crippen LogP contribution in [0.25, 0.3) is 0 Å². The first-order valence-electron chi connectivity index (χ1n) is 20.3. The first-order valence-corrected chi connectivity index (χ1v) is 20.3. The van der Waals surface area contributed by atoms with Crippen molar-refractivity contribution in [1.29, 1.82) is 0 Å². The molecule has 0 amide bonds. The van der Waals surface area contributed by atoms with Crippen molar-refractivity contribution in [3.8, 4) is 0 Å². The van der Waals surface area contributed by atoms with Crippen LogP contribution in [0.1, 0.15) is 181 Å². The Morgan fingerprint density at radius 2 is 0.800 bits per heavy atom. The van der Waals surface area contributed by atoms with E-state index in [0.29, 0.717) is 19.3 Å². The van der Waals surface area contributed by atoms with Crippen molar-refractivity contribution in [2.24, 2.45) is 0 Å². The summed E-state index contributed by atoms with van der Waals surface area (Å²) < 4.78 is 16.5. The minimum absolute atomic E-state index is 0.0920. The molecule has 0 aromatic rings. The van der Waals surface area contributed by atoms with Crippen LogP contribution in [-0.2, 0) is 28.6 Å². The molecule has 0 radical (unpaired) electrons. The van der Waals surface area contributed by atoms with Gasteiger partial charge in [0, 0.05) is 19.3 Å². The van der Waals surface area contributed by atoms with Crippen molar-refractivity contribution in [1.82, 2.24) is 0 Å². The van der Waals surface area contributed by atoms with Crippen molar-refractivity contribution < 1.29 is 28.6 Å². The summed E-state index contributed by atoms with van der Waals surface area (Å²) in [4.78, 5) is 37.4. The molecule has 0 aliphatic heterocycles. The van der Waals surface area contributed by atoms with Gasteiger partial charge in [-0.2, -0.15) is 0 Å². The van der Waals surface area contributed by atoms with Gasteiger partial charge in [0.05, 0.1) is 0 Å². The van der Waals surface area contributed by atoms with Gasteiger partial charge in [-0.15, -0.1) is 0 Å². The molecule has 0 aromatic heterocycles. The predicted octanol–water partition coefficient (Wildman–Crippen LogP) is 12.6. The van der Waals surface area contributed by atoms with E-state index in [4.69, 9.17) is 14.2 Å². The summed E-state index contributed by atoms with van der Waals surface area (Å²) in [6.45, 7) is 6.34. The van der Waals surface area contributed by atoms with Crippen molar-refractivity contribution in [2.75, 3.05) is 13.2 Å². The maximum absolute atomic E-state index is 12.6. The standard InChI is InChI=1S/C44H74O6/c1-4-7-10-13-16-18-20-21-22-23-25-26-28-31-34-37-43(46)49-40-41(39-48-42(45)36-33-30-15-12-9-6-3)50-44(47)38-35-32-29-27-24-19-17-14-11-8-5-2/h7,10,14,16-18,21-22,25-26,41H,4-6,8-9,11-13,15,19-20,23-24,27-40H2,1-3H3/b10-7-,17-14-,18-16-,22-21-,26-25-. The van der Waals surface area contributed by atoms with Gasteiger partial charge in [-0.25, -0.2) is 0 Å². The van der Waals surface area contributed by atoms with Crippen molar-refractivity contribution in [3.63, 3.8) is 0 Å². The summed E-state index contributed by atoms with van der Waals surface area (Å²) in [5.74, 6) is -0.964. The highest BCUT2D eigenvalue weighted by atomic mass is 16.6. The van der Waals surface area contributed by atoms with Gasteiger partial charge >= 0.3 is 17.9 Å². The molecular formula is C44H74O6. The summed E-state index contributed by atoms with van der Waals surface area (Å²) >= 11 is 0. The molecule has 6 nitrogen and oxygen atoms in total. The molecule has 286 valence electrons. The third-order valence-electron chi connectivity index (χ3n) is 8.26. The topological polar surface area (TPSA) is 78.9 Å². The van der Waals surface area contributed by atoms with Gasteiger partial charge in [-0.3, -0.25) is 14.4 Å². The Balaban J connectivity index is 4.40. The van der Waals surface area contributed by atoms with E-state index in [-0.39, 0.29) is 31.1 Å². The van der Waals surface area contributed by atoms with E-state index in [1.807, 2.05) is 0 Å². The first kappa shape index (κ1) is 47.1. The number of carbonyl (C=O) groups is 3. The van der Waals surface area contributed by atoms with Gasteiger partial charge in [-0.05, 0) is 77.0 Å². The van der Waals surface area contributed by atoms with Crippen LogP contribution in [0.15, 0.2) is 60.8 Å². The molecule has 0 saturated carbocycles. The van der Waals surface area contributed by atoms with E-state index in [9.17, 15) is 14.4 Å². The molecule has 0 bridgehead atoms. The lowest BCUT2D eigenvalue weighted by Crippen LogP contribution is -2.30. The molecule has 50 heavy (non-hydrogen) atoms. The molecule has 0 aromatic carbocycles. The zero-order chi connectivity index (χ0) is 36.6. The Morgan fingerprint density at radius 1 is 0.420 bits per heavy atom. The zero-order valence-electron chi connectivity index (χ0n) is 32.4. The van der Waals surface area contributed by atoms with Gasteiger partial charge in [0.2, 0.25) is 0 Å². The predicted molar refractivity (Wildman–Crippen MR) is 210 cm³/mol. The number of carbonyl (C=O) groups excluding carboxylic acids is 3. The summed E-state index contributed by atoms with van der Waals surface area (Å²) in [6, 6.07) is 0. The number of hydrogen-bond donors (Lipinski definition) is 0. The monoisotopic (exact) mass is 699 g/mol. The second-order valence-corrected chi connectivity index (χ2v) is 13.2. The highest BCUT2D eigenvalue weighted by molar-refractivity contribution is 5.71. The largest absolute Gasteiger partial charge is 0.462 e. The van der Waals surface area contributed by atoms with Crippen molar-refractivity contribution >= 4 is 17.9 Å². The number of hydrogen-bond acceptors (Lipinski definition) is 6. The molecule has 0 aliphatic carbocycles. The molecule has 1 atom stereocenters. The van der Waals surface area contributed by atoms with Gasteiger partial charge < -0.3 is 14.2 Å². The minimum Gasteiger partial charge on any atom is -0.462 e. The van der Waals surface area contributed by atoms with Crippen molar-refractivity contribution in [2.45, 2.75) is 187 Å². The molecule has 0 aliphatic rings. The van der Waals surface area contributed by atoms with Gasteiger partial charge in [0.1, 0.15) is 13.2 Å². The number of rotatable bonds is 35. The Hall–Kier alpha value is -2.89. The van der Waals surface area contributed by atoms with E-state index in [2.05, 4.69) is 81.5 Å². The normalized spacial score (nSPS) is 12.6. The molecule has 1 unspecified atom stereocenters. The summed E-state index contributed by atoms with van der Waals surface area (Å²) in [5, 5.41) is 0. The smallest absolute Gasteiger partial charge is 0.306 e. The number of allylic oxidation sites excluding steroid dienone is 10. The van der Waals surface area contributed by atoms with E-state index in [0.717, 1.165) is 96.3 Å². The van der Waals surface area contributed by atoms with Gasteiger partial charge in [-0.1, -0.05) is 146 Å². The molecule has 0 spiro atoms. The quantitative estimate of drug-likeness (QED) is 0.0284. The fourth-order valence-electron chi connectivity index (χ4n) is 5.18. The van der Waals surface area contributed by atoms with E-state index >= 15 is 0 Å². The van der Waals surface area contributed by atoms with E-state index in [1.165, 1.54) is 44.9 Å². The number of unbranched alkanes of at least 4 members (excludes halogenated alkanes) is 14.